The van der Waals surface area contributed by atoms with E-state index in [4.69, 9.17) is 37.0 Å². The molecule has 106 heavy (non-hydrogen) atoms. The minimum Gasteiger partial charge on any atom is -0.462 e. The second-order valence-corrected chi connectivity index (χ2v) is 29.5. The van der Waals surface area contributed by atoms with Gasteiger partial charge in [0.15, 0.2) is 12.2 Å². The van der Waals surface area contributed by atoms with E-state index in [0.717, 1.165) is 161 Å². The van der Waals surface area contributed by atoms with E-state index in [2.05, 4.69) is 167 Å². The lowest BCUT2D eigenvalue weighted by atomic mass is 10.0. The Balaban J connectivity index is 5.46. The molecule has 0 heterocycles. The highest BCUT2D eigenvalue weighted by Gasteiger charge is 2.30. The summed E-state index contributed by atoms with van der Waals surface area (Å²) < 4.78 is 68.6. The fourth-order valence-corrected chi connectivity index (χ4v) is 12.0. The van der Waals surface area contributed by atoms with Crippen LogP contribution in [-0.2, 0) is 65.4 Å². The maximum Gasteiger partial charge on any atom is 0.472 e. The average Bonchev–Trinajstić information content (AvgIpc) is 0.909. The van der Waals surface area contributed by atoms with Crippen molar-refractivity contribution in [3.8, 4) is 0 Å². The summed E-state index contributed by atoms with van der Waals surface area (Å²) >= 11 is 0. The summed E-state index contributed by atoms with van der Waals surface area (Å²) in [5.74, 6) is -2.32. The third kappa shape index (κ3) is 76.9. The van der Waals surface area contributed by atoms with Gasteiger partial charge in [0.1, 0.15) is 19.3 Å². The summed E-state index contributed by atoms with van der Waals surface area (Å²) in [5.41, 5.74) is 0. The predicted molar refractivity (Wildman–Crippen MR) is 436 cm³/mol. The number of phosphoric ester groups is 2. The van der Waals surface area contributed by atoms with Crippen molar-refractivity contribution >= 4 is 39.5 Å². The first-order valence-corrected chi connectivity index (χ1v) is 43.7. The molecule has 0 amide bonds. The van der Waals surface area contributed by atoms with Gasteiger partial charge >= 0.3 is 39.5 Å². The quantitative estimate of drug-likeness (QED) is 0.0169. The second kappa shape index (κ2) is 77.8. The largest absolute Gasteiger partial charge is 0.472 e. The summed E-state index contributed by atoms with van der Waals surface area (Å²) in [6.07, 6.45) is 90.9. The number of phosphoric acid groups is 2. The molecule has 0 rings (SSSR count). The van der Waals surface area contributed by atoms with E-state index in [1.807, 2.05) is 18.2 Å². The summed E-state index contributed by atoms with van der Waals surface area (Å²) in [6, 6.07) is 0. The molecule has 0 aliphatic heterocycles. The SMILES string of the molecule is CC/C=C\C/C=C\C/C=C\C/C=C\C/C=C\C/C=C\CCC(=O)OCC(COP(=O)(O)OCC(O)COP(=O)(O)OCC(COC(=O)CCCCCC/C=C\C/C=C\C/C=C\C/C=C\CC)OC(=O)CCCCCCC/C=C\C/C=C\C/C=C\CC)OC(=O)CCCCCCCCCCCCCCCCC. The number of carbonyl (C=O) groups is 4. The summed E-state index contributed by atoms with van der Waals surface area (Å²) in [7, 11) is -10.0. The lowest BCUT2D eigenvalue weighted by Gasteiger charge is -2.21. The highest BCUT2D eigenvalue weighted by molar-refractivity contribution is 7.47. The molecule has 0 spiro atoms. The number of unbranched alkanes of at least 4 members (excludes halogenated alkanes) is 23. The van der Waals surface area contributed by atoms with Gasteiger partial charge in [-0.1, -0.05) is 308 Å². The Morgan fingerprint density at radius 1 is 0.274 bits per heavy atom. The van der Waals surface area contributed by atoms with Gasteiger partial charge in [0, 0.05) is 25.7 Å². The Bertz CT molecular complexity index is 2630. The van der Waals surface area contributed by atoms with Crippen LogP contribution >= 0.6 is 15.6 Å². The zero-order chi connectivity index (χ0) is 77.4. The number of ether oxygens (including phenoxy) is 4. The molecule has 5 atom stereocenters. The number of carbonyl (C=O) groups excluding carboxylic acids is 4. The average molecular weight is 1520 g/mol. The van der Waals surface area contributed by atoms with Gasteiger partial charge < -0.3 is 33.8 Å². The highest BCUT2D eigenvalue weighted by atomic mass is 31.2. The maximum atomic E-state index is 13.1. The van der Waals surface area contributed by atoms with Crippen molar-refractivity contribution < 1.29 is 80.2 Å². The van der Waals surface area contributed by atoms with E-state index in [1.54, 1.807) is 0 Å². The minimum absolute atomic E-state index is 0.0333. The molecule has 604 valence electrons. The molecule has 5 unspecified atom stereocenters. The first kappa shape index (κ1) is 101. The van der Waals surface area contributed by atoms with Crippen molar-refractivity contribution in [2.75, 3.05) is 39.6 Å². The van der Waals surface area contributed by atoms with Crippen molar-refractivity contribution in [2.24, 2.45) is 0 Å². The number of hydrogen-bond acceptors (Lipinski definition) is 15. The van der Waals surface area contributed by atoms with Crippen LogP contribution in [0.3, 0.4) is 0 Å². The van der Waals surface area contributed by atoms with Crippen LogP contribution in [0.5, 0.6) is 0 Å². The lowest BCUT2D eigenvalue weighted by Crippen LogP contribution is -2.30. The molecule has 0 saturated carbocycles. The summed E-state index contributed by atoms with van der Waals surface area (Å²) in [5, 5.41) is 10.7. The van der Waals surface area contributed by atoms with Crippen molar-refractivity contribution in [1.29, 1.82) is 0 Å². The monoisotopic (exact) mass is 1520 g/mol. The van der Waals surface area contributed by atoms with Crippen molar-refractivity contribution in [1.82, 2.24) is 0 Å². The molecule has 0 bridgehead atoms. The van der Waals surface area contributed by atoms with E-state index in [0.29, 0.717) is 32.1 Å². The van der Waals surface area contributed by atoms with Crippen LogP contribution in [0.25, 0.3) is 0 Å². The number of aliphatic hydroxyl groups is 1. The number of hydrogen-bond donors (Lipinski definition) is 3. The maximum absolute atomic E-state index is 13.1. The minimum atomic E-state index is -5.00. The Hall–Kier alpha value is -5.32. The van der Waals surface area contributed by atoms with Crippen LogP contribution in [0.15, 0.2) is 158 Å². The van der Waals surface area contributed by atoms with Crippen LogP contribution in [-0.4, -0.2) is 96.7 Å². The Morgan fingerprint density at radius 2 is 0.509 bits per heavy atom. The van der Waals surface area contributed by atoms with Crippen molar-refractivity contribution in [3.05, 3.63) is 158 Å². The second-order valence-electron chi connectivity index (χ2n) is 26.6. The molecule has 3 N–H and O–H groups in total. The molecule has 0 aliphatic carbocycles. The normalized spacial score (nSPS) is 14.7. The zero-order valence-electron chi connectivity index (χ0n) is 66.1. The molecule has 0 aromatic carbocycles. The van der Waals surface area contributed by atoms with Crippen LogP contribution in [0.4, 0.5) is 0 Å². The topological polar surface area (TPSA) is 237 Å². The predicted octanol–water partition coefficient (Wildman–Crippen LogP) is 24.0. The molecule has 19 heteroatoms. The Labute approximate surface area is 642 Å². The Morgan fingerprint density at radius 3 is 0.811 bits per heavy atom. The number of allylic oxidation sites excluding steroid dienone is 26. The molecule has 0 saturated heterocycles. The smallest absolute Gasteiger partial charge is 0.462 e. The van der Waals surface area contributed by atoms with E-state index >= 15 is 0 Å². The third-order valence-corrected chi connectivity index (χ3v) is 18.4. The van der Waals surface area contributed by atoms with E-state index in [-0.39, 0.29) is 25.7 Å². The Kier molecular flexibility index (Phi) is 73.9. The number of esters is 4. The fraction of sp³-hybridized carbons (Fsp3) is 0.655. The third-order valence-electron chi connectivity index (χ3n) is 16.5. The van der Waals surface area contributed by atoms with Gasteiger partial charge in [-0.25, -0.2) is 9.13 Å². The lowest BCUT2D eigenvalue weighted by molar-refractivity contribution is -0.161. The van der Waals surface area contributed by atoms with Crippen LogP contribution in [0.1, 0.15) is 310 Å². The van der Waals surface area contributed by atoms with Crippen LogP contribution in [0, 0.1) is 0 Å². The standard InChI is InChI=1S/C87H144O17P2/c1-5-9-13-17-21-25-29-33-37-39-40-42-46-48-52-56-60-64-68-72-85(90)98-78-83(104-87(92)74-70-66-62-58-54-50-44-36-32-28-24-20-16-12-8-4)80-102-106(95,96)100-76-81(88)75-99-105(93,94)101-79-82(103-86(91)73-69-65-61-57-53-49-43-35-31-27-23-19-15-11-7-3)77-97-84(89)71-67-63-59-55-51-47-45-41-38-34-30-26-22-18-14-10-6-2/h9-11,13-15,21-23,25-27,33-35,37-38,40,42-43,45,47-48,52,60,64,81-83,88H,5-8,12,16-20,24,28-32,36,39,41,44,46,49-51,53-59,61-63,65-80H2,1-4H3,(H,93,94)(H,95,96)/b13-9-,14-10-,15-11-,25-21-,26-22-,27-23-,37-33-,38-34-,42-40-,43-35-,47-45-,52-48-,64-60-. The highest BCUT2D eigenvalue weighted by Crippen LogP contribution is 2.45. The van der Waals surface area contributed by atoms with Crippen LogP contribution < -0.4 is 0 Å². The van der Waals surface area contributed by atoms with Gasteiger partial charge in [-0.2, -0.15) is 0 Å². The molecule has 0 radical (unpaired) electrons. The molecule has 17 nitrogen and oxygen atoms in total. The van der Waals surface area contributed by atoms with Gasteiger partial charge in [0.25, 0.3) is 0 Å². The molecule has 0 aromatic rings. The van der Waals surface area contributed by atoms with Crippen molar-refractivity contribution in [3.63, 3.8) is 0 Å². The number of aliphatic hydroxyl groups excluding tert-OH is 1. The van der Waals surface area contributed by atoms with Gasteiger partial charge in [-0.3, -0.25) is 37.3 Å². The van der Waals surface area contributed by atoms with Gasteiger partial charge in [0.2, 0.25) is 0 Å². The molecular weight excluding hydrogens is 1380 g/mol. The molecule has 0 fully saturated rings. The molecular formula is C87H144O17P2. The summed E-state index contributed by atoms with van der Waals surface area (Å²) in [6.45, 7) is 4.42. The van der Waals surface area contributed by atoms with Gasteiger partial charge in [0.05, 0.1) is 26.4 Å². The first-order valence-electron chi connectivity index (χ1n) is 40.7. The summed E-state index contributed by atoms with van der Waals surface area (Å²) in [4.78, 5) is 73.1. The van der Waals surface area contributed by atoms with E-state index < -0.39 is 97.5 Å². The zero-order valence-corrected chi connectivity index (χ0v) is 67.8. The van der Waals surface area contributed by atoms with Gasteiger partial charge in [-0.05, 0) is 135 Å². The number of rotatable bonds is 75. The van der Waals surface area contributed by atoms with Crippen molar-refractivity contribution in [2.45, 2.75) is 329 Å². The molecule has 0 aliphatic rings. The van der Waals surface area contributed by atoms with Gasteiger partial charge in [-0.15, -0.1) is 0 Å². The van der Waals surface area contributed by atoms with E-state index in [1.165, 1.54) is 64.2 Å². The molecule has 0 aromatic heterocycles. The van der Waals surface area contributed by atoms with E-state index in [9.17, 15) is 43.2 Å². The van der Waals surface area contributed by atoms with Crippen LogP contribution in [0.2, 0.25) is 0 Å². The first-order chi connectivity index (χ1) is 51.7. The fourth-order valence-electron chi connectivity index (χ4n) is 10.4.